The number of nitrogens with zero attached hydrogens (tertiary/aromatic N) is 1. The van der Waals surface area contributed by atoms with Crippen LogP contribution >= 0.6 is 11.8 Å². The fourth-order valence-corrected chi connectivity index (χ4v) is 2.63. The average molecular weight is 283 g/mol. The molecule has 0 aliphatic rings. The van der Waals surface area contributed by atoms with Gasteiger partial charge in [0.25, 0.3) is 5.69 Å². The van der Waals surface area contributed by atoms with E-state index in [-0.39, 0.29) is 21.8 Å². The van der Waals surface area contributed by atoms with Gasteiger partial charge in [-0.25, -0.2) is 0 Å². The van der Waals surface area contributed by atoms with Crippen molar-refractivity contribution in [2.75, 3.05) is 6.61 Å². The Labute approximate surface area is 116 Å². The van der Waals surface area contributed by atoms with Crippen molar-refractivity contribution in [1.82, 2.24) is 0 Å². The molecular formula is C13H17NO4S. The molecular weight excluding hydrogens is 266 g/mol. The van der Waals surface area contributed by atoms with Gasteiger partial charge < -0.3 is 4.74 Å². The molecule has 0 N–H and O–H groups in total. The molecule has 0 heterocycles. The van der Waals surface area contributed by atoms with Crippen molar-refractivity contribution in [2.45, 2.75) is 36.8 Å². The number of hydrogen-bond donors (Lipinski definition) is 0. The lowest BCUT2D eigenvalue weighted by molar-refractivity contribution is -0.387. The zero-order valence-electron chi connectivity index (χ0n) is 11.0. The molecule has 0 aromatic heterocycles. The van der Waals surface area contributed by atoms with Crippen LogP contribution in [0.1, 0.15) is 26.7 Å². The smallest absolute Gasteiger partial charge is 0.305 e. The van der Waals surface area contributed by atoms with Gasteiger partial charge >= 0.3 is 5.97 Å². The van der Waals surface area contributed by atoms with E-state index in [4.69, 9.17) is 4.74 Å². The first kappa shape index (κ1) is 15.5. The van der Waals surface area contributed by atoms with Gasteiger partial charge in [-0.1, -0.05) is 19.1 Å². The van der Waals surface area contributed by atoms with E-state index < -0.39 is 0 Å². The molecule has 1 rings (SSSR count). The molecule has 0 aliphatic carbocycles. The number of carbonyl (C=O) groups is 1. The minimum Gasteiger partial charge on any atom is -0.466 e. The average Bonchev–Trinajstić information content (AvgIpc) is 2.37. The highest BCUT2D eigenvalue weighted by Crippen LogP contribution is 2.33. The van der Waals surface area contributed by atoms with Crippen molar-refractivity contribution in [3.63, 3.8) is 0 Å². The number of nitro groups is 1. The Kier molecular flexibility index (Phi) is 6.35. The SMILES string of the molecule is CCOC(=O)CC[C@H](C)Sc1ccccc1[N+](=O)[O-]. The standard InChI is InChI=1S/C13H17NO4S/c1-3-18-13(15)9-8-10(2)19-12-7-5-4-6-11(12)14(16)17/h4-7,10H,3,8-9H2,1-2H3/t10-/m0/s1. The van der Waals surface area contributed by atoms with E-state index in [0.29, 0.717) is 24.3 Å². The molecule has 104 valence electrons. The van der Waals surface area contributed by atoms with Gasteiger partial charge in [0.1, 0.15) is 0 Å². The normalized spacial score (nSPS) is 11.9. The molecule has 1 aromatic rings. The van der Waals surface area contributed by atoms with Crippen LogP contribution in [0.2, 0.25) is 0 Å². The number of benzene rings is 1. The summed E-state index contributed by atoms with van der Waals surface area (Å²) in [6.07, 6.45) is 0.970. The summed E-state index contributed by atoms with van der Waals surface area (Å²) in [4.78, 5) is 22.3. The zero-order chi connectivity index (χ0) is 14.3. The molecule has 0 saturated carbocycles. The third kappa shape index (κ3) is 5.30. The maximum Gasteiger partial charge on any atom is 0.305 e. The Morgan fingerprint density at radius 2 is 2.16 bits per heavy atom. The minimum absolute atomic E-state index is 0.107. The van der Waals surface area contributed by atoms with Gasteiger partial charge in [-0.3, -0.25) is 14.9 Å². The molecule has 0 radical (unpaired) electrons. The van der Waals surface area contributed by atoms with Crippen LogP contribution in [-0.4, -0.2) is 22.7 Å². The fraction of sp³-hybridized carbons (Fsp3) is 0.462. The fourth-order valence-electron chi connectivity index (χ4n) is 1.54. The summed E-state index contributed by atoms with van der Waals surface area (Å²) in [5.74, 6) is -0.225. The summed E-state index contributed by atoms with van der Waals surface area (Å²) in [6.45, 7) is 4.09. The zero-order valence-corrected chi connectivity index (χ0v) is 11.8. The largest absolute Gasteiger partial charge is 0.466 e. The predicted molar refractivity (Wildman–Crippen MR) is 74.3 cm³/mol. The Morgan fingerprint density at radius 3 is 2.79 bits per heavy atom. The first-order valence-electron chi connectivity index (χ1n) is 6.10. The molecule has 0 amide bonds. The van der Waals surface area contributed by atoms with Gasteiger partial charge in [0.05, 0.1) is 16.4 Å². The Morgan fingerprint density at radius 1 is 1.47 bits per heavy atom. The summed E-state index contributed by atoms with van der Waals surface area (Å²) < 4.78 is 4.85. The number of para-hydroxylation sites is 1. The van der Waals surface area contributed by atoms with E-state index in [9.17, 15) is 14.9 Å². The van der Waals surface area contributed by atoms with E-state index >= 15 is 0 Å². The summed E-state index contributed by atoms with van der Waals surface area (Å²) in [5.41, 5.74) is 0.107. The number of thioether (sulfide) groups is 1. The van der Waals surface area contributed by atoms with Crippen LogP contribution in [0.3, 0.4) is 0 Å². The third-order valence-electron chi connectivity index (χ3n) is 2.45. The highest BCUT2D eigenvalue weighted by atomic mass is 32.2. The van der Waals surface area contributed by atoms with E-state index in [1.54, 1.807) is 25.1 Å². The van der Waals surface area contributed by atoms with Crippen molar-refractivity contribution in [3.8, 4) is 0 Å². The van der Waals surface area contributed by atoms with Crippen molar-refractivity contribution < 1.29 is 14.5 Å². The molecule has 0 aliphatic heterocycles. The maximum atomic E-state index is 11.2. The topological polar surface area (TPSA) is 69.4 Å². The Hall–Kier alpha value is -1.56. The van der Waals surface area contributed by atoms with Crippen LogP contribution in [0.5, 0.6) is 0 Å². The van der Waals surface area contributed by atoms with Crippen LogP contribution in [0.4, 0.5) is 5.69 Å². The molecule has 6 heteroatoms. The number of esters is 1. The lowest BCUT2D eigenvalue weighted by Crippen LogP contribution is -2.07. The summed E-state index contributed by atoms with van der Waals surface area (Å²) >= 11 is 1.41. The third-order valence-corrected chi connectivity index (χ3v) is 3.69. The van der Waals surface area contributed by atoms with E-state index in [1.807, 2.05) is 6.92 Å². The second-order valence-electron chi connectivity index (χ2n) is 4.00. The second-order valence-corrected chi connectivity index (χ2v) is 5.48. The molecule has 0 saturated heterocycles. The van der Waals surface area contributed by atoms with Gasteiger partial charge in [0.15, 0.2) is 0 Å². The monoisotopic (exact) mass is 283 g/mol. The Bertz CT molecular complexity index is 450. The van der Waals surface area contributed by atoms with Gasteiger partial charge in [-0.15, -0.1) is 11.8 Å². The molecule has 19 heavy (non-hydrogen) atoms. The van der Waals surface area contributed by atoms with Crippen molar-refractivity contribution in [3.05, 3.63) is 34.4 Å². The van der Waals surface area contributed by atoms with E-state index in [0.717, 1.165) is 0 Å². The Balaban J connectivity index is 2.55. The number of nitro benzene ring substituents is 1. The maximum absolute atomic E-state index is 11.2. The molecule has 0 spiro atoms. The highest BCUT2D eigenvalue weighted by Gasteiger charge is 2.16. The molecule has 1 atom stereocenters. The van der Waals surface area contributed by atoms with Crippen LogP contribution in [0, 0.1) is 10.1 Å². The van der Waals surface area contributed by atoms with Crippen molar-refractivity contribution in [2.24, 2.45) is 0 Å². The first-order chi connectivity index (χ1) is 9.04. The van der Waals surface area contributed by atoms with E-state index in [2.05, 4.69) is 0 Å². The van der Waals surface area contributed by atoms with Crippen LogP contribution in [-0.2, 0) is 9.53 Å². The molecule has 0 fully saturated rings. The van der Waals surface area contributed by atoms with Gasteiger partial charge in [0.2, 0.25) is 0 Å². The summed E-state index contributed by atoms with van der Waals surface area (Å²) in [5, 5.41) is 11.0. The highest BCUT2D eigenvalue weighted by molar-refractivity contribution is 8.00. The van der Waals surface area contributed by atoms with E-state index in [1.165, 1.54) is 17.8 Å². The lowest BCUT2D eigenvalue weighted by Gasteiger charge is -2.10. The van der Waals surface area contributed by atoms with Gasteiger partial charge in [0, 0.05) is 17.7 Å². The molecule has 0 bridgehead atoms. The number of carbonyl (C=O) groups excluding carboxylic acids is 1. The van der Waals surface area contributed by atoms with Gasteiger partial charge in [-0.2, -0.15) is 0 Å². The van der Waals surface area contributed by atoms with Gasteiger partial charge in [-0.05, 0) is 19.4 Å². The van der Waals surface area contributed by atoms with Crippen LogP contribution < -0.4 is 0 Å². The molecule has 1 aromatic carbocycles. The van der Waals surface area contributed by atoms with Crippen molar-refractivity contribution >= 4 is 23.4 Å². The molecule has 5 nitrogen and oxygen atoms in total. The predicted octanol–water partition coefficient (Wildman–Crippen LogP) is 3.42. The van der Waals surface area contributed by atoms with Crippen molar-refractivity contribution in [1.29, 1.82) is 0 Å². The quantitative estimate of drug-likeness (QED) is 0.332. The van der Waals surface area contributed by atoms with Crippen LogP contribution in [0.25, 0.3) is 0 Å². The number of ether oxygens (including phenoxy) is 1. The second kappa shape index (κ2) is 7.78. The van der Waals surface area contributed by atoms with Crippen LogP contribution in [0.15, 0.2) is 29.2 Å². The summed E-state index contributed by atoms with van der Waals surface area (Å²) in [7, 11) is 0. The minimum atomic E-state index is -0.388. The summed E-state index contributed by atoms with van der Waals surface area (Å²) in [6, 6.07) is 6.63. The number of rotatable bonds is 7. The first-order valence-corrected chi connectivity index (χ1v) is 6.98. The molecule has 0 unspecified atom stereocenters. The lowest BCUT2D eigenvalue weighted by atomic mass is 10.2. The number of hydrogen-bond acceptors (Lipinski definition) is 5.